The summed E-state index contributed by atoms with van der Waals surface area (Å²) in [4.78, 5) is 4.07. The zero-order chi connectivity index (χ0) is 13.0. The minimum Gasteiger partial charge on any atom is -0.365 e. The first kappa shape index (κ1) is 13.1. The van der Waals surface area contributed by atoms with Crippen molar-refractivity contribution < 1.29 is 0 Å². The van der Waals surface area contributed by atoms with Crippen molar-refractivity contribution in [1.29, 1.82) is 5.26 Å². The minimum absolute atomic E-state index is 0.436. The summed E-state index contributed by atoms with van der Waals surface area (Å²) in [6.07, 6.45) is 3.37. The summed E-state index contributed by atoms with van der Waals surface area (Å²) >= 11 is 6.79. The van der Waals surface area contributed by atoms with Gasteiger partial charge in [0.05, 0.1) is 6.07 Å². The minimum atomic E-state index is -0.436. The van der Waals surface area contributed by atoms with Crippen LogP contribution in [0.25, 0.3) is 0 Å². The number of anilines is 1. The van der Waals surface area contributed by atoms with Gasteiger partial charge in [0.25, 0.3) is 0 Å². The summed E-state index contributed by atoms with van der Waals surface area (Å²) < 4.78 is 1.78. The van der Waals surface area contributed by atoms with E-state index in [1.54, 1.807) is 12.4 Å². The van der Waals surface area contributed by atoms with Crippen LogP contribution < -0.4 is 5.32 Å². The van der Waals surface area contributed by atoms with E-state index in [2.05, 4.69) is 48.2 Å². The van der Waals surface area contributed by atoms with Crippen LogP contribution in [0.1, 0.15) is 11.6 Å². The maximum Gasteiger partial charge on any atom is 0.141 e. The molecule has 0 fully saturated rings. The fourth-order valence-corrected chi connectivity index (χ4v) is 2.29. The molecule has 1 heterocycles. The third-order valence-corrected chi connectivity index (χ3v) is 3.49. The van der Waals surface area contributed by atoms with E-state index in [-0.39, 0.29) is 0 Å². The first-order valence-electron chi connectivity index (χ1n) is 5.22. The Morgan fingerprint density at radius 1 is 1.22 bits per heavy atom. The van der Waals surface area contributed by atoms with E-state index in [4.69, 9.17) is 0 Å². The lowest BCUT2D eigenvalue weighted by atomic mass is 10.1. The van der Waals surface area contributed by atoms with Gasteiger partial charge in [0.2, 0.25) is 0 Å². The first-order valence-corrected chi connectivity index (χ1v) is 6.80. The van der Waals surface area contributed by atoms with Gasteiger partial charge in [-0.25, -0.2) is 0 Å². The van der Waals surface area contributed by atoms with Gasteiger partial charge >= 0.3 is 0 Å². The van der Waals surface area contributed by atoms with Crippen molar-refractivity contribution >= 4 is 37.5 Å². The summed E-state index contributed by atoms with van der Waals surface area (Å²) in [6.45, 7) is 0. The molecular formula is C13H9Br2N3. The Bertz CT molecular complexity index is 593. The van der Waals surface area contributed by atoms with Gasteiger partial charge in [0.15, 0.2) is 0 Å². The van der Waals surface area contributed by atoms with Crippen LogP contribution in [0.15, 0.2) is 51.7 Å². The number of hydrogen-bond acceptors (Lipinski definition) is 3. The fraction of sp³-hybridized carbons (Fsp3) is 0.0769. The molecule has 1 aromatic heterocycles. The zero-order valence-electron chi connectivity index (χ0n) is 9.27. The predicted molar refractivity (Wildman–Crippen MR) is 78.1 cm³/mol. The smallest absolute Gasteiger partial charge is 0.141 e. The molecular weight excluding hydrogens is 358 g/mol. The average Bonchev–Trinajstić information content (AvgIpc) is 2.38. The number of nitriles is 1. The Hall–Kier alpha value is -1.38. The number of halogens is 2. The van der Waals surface area contributed by atoms with E-state index in [1.165, 1.54) is 0 Å². The summed E-state index contributed by atoms with van der Waals surface area (Å²) in [5.74, 6) is 0. The summed E-state index contributed by atoms with van der Waals surface area (Å²) in [5.41, 5.74) is 1.70. The number of nitrogens with one attached hydrogen (secondary N) is 1. The maximum atomic E-state index is 9.25. The van der Waals surface area contributed by atoms with Crippen LogP contribution >= 0.6 is 31.9 Å². The van der Waals surface area contributed by atoms with Gasteiger partial charge in [0, 0.05) is 32.6 Å². The second kappa shape index (κ2) is 5.98. The number of hydrogen-bond donors (Lipinski definition) is 1. The van der Waals surface area contributed by atoms with Crippen molar-refractivity contribution in [3.05, 3.63) is 57.2 Å². The molecule has 0 spiro atoms. The van der Waals surface area contributed by atoms with Crippen LogP contribution in [0.3, 0.4) is 0 Å². The van der Waals surface area contributed by atoms with E-state index in [1.807, 2.05) is 30.3 Å². The highest BCUT2D eigenvalue weighted by molar-refractivity contribution is 9.10. The van der Waals surface area contributed by atoms with Gasteiger partial charge in [-0.2, -0.15) is 5.26 Å². The third-order valence-electron chi connectivity index (χ3n) is 2.36. The van der Waals surface area contributed by atoms with Crippen LogP contribution in [-0.4, -0.2) is 4.98 Å². The van der Waals surface area contributed by atoms with Crippen LogP contribution in [0.4, 0.5) is 5.69 Å². The van der Waals surface area contributed by atoms with Gasteiger partial charge in [-0.15, -0.1) is 0 Å². The Labute approximate surface area is 122 Å². The lowest BCUT2D eigenvalue weighted by Crippen LogP contribution is -2.09. The van der Waals surface area contributed by atoms with Crippen molar-refractivity contribution in [3.8, 4) is 6.07 Å². The average molecular weight is 367 g/mol. The normalized spacial score (nSPS) is 11.6. The standard InChI is InChI=1S/C13H9Br2N3/c14-10-5-9(7-17-8-10)13(6-16)18-12-4-2-1-3-11(12)15/h1-5,7-8,13,18H. The Kier molecular flexibility index (Phi) is 4.34. The van der Waals surface area contributed by atoms with Crippen molar-refractivity contribution in [1.82, 2.24) is 4.98 Å². The molecule has 1 unspecified atom stereocenters. The Morgan fingerprint density at radius 3 is 2.67 bits per heavy atom. The Balaban J connectivity index is 2.26. The number of benzene rings is 1. The zero-order valence-corrected chi connectivity index (χ0v) is 12.4. The monoisotopic (exact) mass is 365 g/mol. The lowest BCUT2D eigenvalue weighted by molar-refractivity contribution is 0.978. The van der Waals surface area contributed by atoms with Crippen LogP contribution in [0, 0.1) is 11.3 Å². The van der Waals surface area contributed by atoms with Crippen LogP contribution in [0.5, 0.6) is 0 Å². The molecule has 0 bridgehead atoms. The summed E-state index contributed by atoms with van der Waals surface area (Å²) in [5, 5.41) is 12.4. The number of rotatable bonds is 3. The molecule has 1 atom stereocenters. The van der Waals surface area contributed by atoms with Crippen LogP contribution in [0.2, 0.25) is 0 Å². The number of pyridine rings is 1. The largest absolute Gasteiger partial charge is 0.365 e. The molecule has 0 saturated heterocycles. The molecule has 0 aliphatic carbocycles. The molecule has 0 radical (unpaired) electrons. The third kappa shape index (κ3) is 3.09. The number of nitrogens with zero attached hydrogens (tertiary/aromatic N) is 2. The van der Waals surface area contributed by atoms with Gasteiger partial charge in [0.1, 0.15) is 6.04 Å². The van der Waals surface area contributed by atoms with E-state index >= 15 is 0 Å². The topological polar surface area (TPSA) is 48.7 Å². The highest BCUT2D eigenvalue weighted by atomic mass is 79.9. The van der Waals surface area contributed by atoms with E-state index < -0.39 is 6.04 Å². The Morgan fingerprint density at radius 2 is 2.00 bits per heavy atom. The number of para-hydroxylation sites is 1. The lowest BCUT2D eigenvalue weighted by Gasteiger charge is -2.14. The molecule has 1 aromatic carbocycles. The van der Waals surface area contributed by atoms with Crippen molar-refractivity contribution in [2.45, 2.75) is 6.04 Å². The van der Waals surface area contributed by atoms with Crippen molar-refractivity contribution in [2.75, 3.05) is 5.32 Å². The molecule has 0 aliphatic heterocycles. The molecule has 90 valence electrons. The van der Waals surface area contributed by atoms with Gasteiger partial charge < -0.3 is 5.32 Å². The van der Waals surface area contributed by atoms with Gasteiger partial charge in [-0.05, 0) is 50.1 Å². The summed E-state index contributed by atoms with van der Waals surface area (Å²) in [6, 6.07) is 11.4. The summed E-state index contributed by atoms with van der Waals surface area (Å²) in [7, 11) is 0. The predicted octanol–water partition coefficient (Wildman–Crippen LogP) is 4.28. The molecule has 0 aliphatic rings. The first-order chi connectivity index (χ1) is 8.70. The molecule has 3 nitrogen and oxygen atoms in total. The molecule has 2 rings (SSSR count). The second-order valence-electron chi connectivity index (χ2n) is 3.62. The van der Waals surface area contributed by atoms with Gasteiger partial charge in [-0.1, -0.05) is 12.1 Å². The van der Waals surface area contributed by atoms with E-state index in [0.29, 0.717) is 0 Å². The fourth-order valence-electron chi connectivity index (χ4n) is 1.51. The quantitative estimate of drug-likeness (QED) is 0.881. The molecule has 5 heteroatoms. The van der Waals surface area contributed by atoms with Crippen molar-refractivity contribution in [3.63, 3.8) is 0 Å². The number of aromatic nitrogens is 1. The van der Waals surface area contributed by atoms with E-state index in [9.17, 15) is 5.26 Å². The molecule has 2 aromatic rings. The second-order valence-corrected chi connectivity index (χ2v) is 5.39. The highest BCUT2D eigenvalue weighted by Gasteiger charge is 2.12. The van der Waals surface area contributed by atoms with Gasteiger partial charge in [-0.3, -0.25) is 4.98 Å². The highest BCUT2D eigenvalue weighted by Crippen LogP contribution is 2.26. The molecule has 0 saturated carbocycles. The maximum absolute atomic E-state index is 9.25. The van der Waals surface area contributed by atoms with E-state index in [0.717, 1.165) is 20.2 Å². The van der Waals surface area contributed by atoms with Crippen LogP contribution in [-0.2, 0) is 0 Å². The van der Waals surface area contributed by atoms with Crippen molar-refractivity contribution in [2.24, 2.45) is 0 Å². The molecule has 1 N–H and O–H groups in total. The molecule has 18 heavy (non-hydrogen) atoms. The molecule has 0 amide bonds. The SMILES string of the molecule is N#CC(Nc1ccccc1Br)c1cncc(Br)c1.